The van der Waals surface area contributed by atoms with E-state index in [1.165, 1.54) is 16.7 Å². The summed E-state index contributed by atoms with van der Waals surface area (Å²) in [5, 5.41) is 8.28. The van der Waals surface area contributed by atoms with Gasteiger partial charge in [-0.2, -0.15) is 0 Å². The SMILES string of the molecule is CC(C)N1CNc2c(c(=O)[nH]c(=O)n2CCc2ccc(S(N)(=O)=O)cc2)C1. The van der Waals surface area contributed by atoms with Crippen molar-refractivity contribution in [2.24, 2.45) is 5.14 Å². The lowest BCUT2D eigenvalue weighted by molar-refractivity contribution is 0.218. The lowest BCUT2D eigenvalue weighted by Crippen LogP contribution is -2.45. The van der Waals surface area contributed by atoms with E-state index in [-0.39, 0.29) is 16.5 Å². The van der Waals surface area contributed by atoms with Crippen molar-refractivity contribution in [3.63, 3.8) is 0 Å². The van der Waals surface area contributed by atoms with Gasteiger partial charge in [-0.25, -0.2) is 18.4 Å². The Morgan fingerprint density at radius 3 is 2.44 bits per heavy atom. The predicted octanol–water partition coefficient (Wildman–Crippen LogP) is 0.0201. The molecule has 1 aliphatic heterocycles. The Labute approximate surface area is 156 Å². The second-order valence-electron chi connectivity index (χ2n) is 6.85. The number of hydrogen-bond donors (Lipinski definition) is 3. The molecule has 4 N–H and O–H groups in total. The molecule has 0 saturated carbocycles. The van der Waals surface area contributed by atoms with Crippen LogP contribution in [0.15, 0.2) is 38.8 Å². The van der Waals surface area contributed by atoms with Gasteiger partial charge in [0.1, 0.15) is 5.82 Å². The van der Waals surface area contributed by atoms with Crippen LogP contribution < -0.4 is 21.7 Å². The average Bonchev–Trinajstić information content (AvgIpc) is 2.60. The van der Waals surface area contributed by atoms with Gasteiger partial charge in [-0.1, -0.05) is 12.1 Å². The molecule has 0 atom stereocenters. The van der Waals surface area contributed by atoms with Gasteiger partial charge >= 0.3 is 5.69 Å². The molecule has 0 unspecified atom stereocenters. The second kappa shape index (κ2) is 7.29. The molecule has 0 radical (unpaired) electrons. The van der Waals surface area contributed by atoms with Crippen LogP contribution in [-0.4, -0.2) is 35.6 Å². The molecule has 0 saturated heterocycles. The first-order valence-corrected chi connectivity index (χ1v) is 10.2. The highest BCUT2D eigenvalue weighted by atomic mass is 32.2. The zero-order chi connectivity index (χ0) is 19.8. The Morgan fingerprint density at radius 1 is 1.19 bits per heavy atom. The van der Waals surface area contributed by atoms with Gasteiger partial charge in [0, 0.05) is 19.1 Å². The Bertz CT molecular complexity index is 1050. The number of fused-ring (bicyclic) bond motifs is 1. The van der Waals surface area contributed by atoms with Gasteiger partial charge in [0.15, 0.2) is 0 Å². The first kappa shape index (κ1) is 19.3. The maximum Gasteiger partial charge on any atom is 0.329 e. The molecule has 9 nitrogen and oxygen atoms in total. The van der Waals surface area contributed by atoms with Crippen LogP contribution in [0.1, 0.15) is 25.0 Å². The molecule has 0 spiro atoms. The zero-order valence-corrected chi connectivity index (χ0v) is 16.0. The van der Waals surface area contributed by atoms with Gasteiger partial charge in [0.25, 0.3) is 5.56 Å². The summed E-state index contributed by atoms with van der Waals surface area (Å²) in [5.74, 6) is 0.543. The number of nitrogens with one attached hydrogen (secondary N) is 2. The molecule has 0 amide bonds. The first-order valence-electron chi connectivity index (χ1n) is 8.62. The number of hydrogen-bond acceptors (Lipinski definition) is 6. The maximum absolute atomic E-state index is 12.3. The third-order valence-corrected chi connectivity index (χ3v) is 5.64. The molecule has 0 fully saturated rings. The van der Waals surface area contributed by atoms with Gasteiger partial charge in [0.05, 0.1) is 17.1 Å². The topological polar surface area (TPSA) is 130 Å². The number of aryl methyl sites for hydroxylation is 1. The van der Waals surface area contributed by atoms with Crippen molar-refractivity contribution in [1.29, 1.82) is 0 Å². The summed E-state index contributed by atoms with van der Waals surface area (Å²) in [4.78, 5) is 29.0. The molecule has 0 bridgehead atoms. The number of benzene rings is 1. The first-order chi connectivity index (χ1) is 12.7. The fourth-order valence-electron chi connectivity index (χ4n) is 3.06. The number of anilines is 1. The van der Waals surface area contributed by atoms with E-state index in [4.69, 9.17) is 5.14 Å². The van der Waals surface area contributed by atoms with Crippen molar-refractivity contribution in [1.82, 2.24) is 14.5 Å². The van der Waals surface area contributed by atoms with E-state index >= 15 is 0 Å². The number of primary sulfonamides is 1. The molecule has 1 aromatic carbocycles. The molecule has 2 aromatic rings. The standard InChI is InChI=1S/C17H23N5O4S/c1-11(2)21-9-14-15(19-10-21)22(17(24)20-16(14)23)8-7-12-3-5-13(6-4-12)27(18,25)26/h3-6,11,19H,7-10H2,1-2H3,(H2,18,25,26)(H,20,23,24). The van der Waals surface area contributed by atoms with Crippen molar-refractivity contribution in [3.8, 4) is 0 Å². The van der Waals surface area contributed by atoms with Crippen LogP contribution in [0.3, 0.4) is 0 Å². The second-order valence-corrected chi connectivity index (χ2v) is 8.41. The summed E-state index contributed by atoms with van der Waals surface area (Å²) in [6.45, 7) is 5.46. The highest BCUT2D eigenvalue weighted by molar-refractivity contribution is 7.89. The smallest absolute Gasteiger partial charge is 0.329 e. The molecule has 1 aromatic heterocycles. The van der Waals surface area contributed by atoms with Gasteiger partial charge in [-0.15, -0.1) is 0 Å². The normalized spacial score (nSPS) is 14.8. The van der Waals surface area contributed by atoms with E-state index in [0.717, 1.165) is 5.56 Å². The maximum atomic E-state index is 12.3. The Kier molecular flexibility index (Phi) is 5.22. The van der Waals surface area contributed by atoms with Crippen LogP contribution in [0.2, 0.25) is 0 Å². The highest BCUT2D eigenvalue weighted by Crippen LogP contribution is 2.19. The number of nitrogens with zero attached hydrogens (tertiary/aromatic N) is 2. The Balaban J connectivity index is 1.85. The van der Waals surface area contributed by atoms with E-state index in [9.17, 15) is 18.0 Å². The number of nitrogens with two attached hydrogens (primary N) is 1. The molecule has 146 valence electrons. The summed E-state index contributed by atoms with van der Waals surface area (Å²) in [6, 6.07) is 6.47. The molecule has 0 aliphatic carbocycles. The number of aromatic amines is 1. The molecule has 27 heavy (non-hydrogen) atoms. The van der Waals surface area contributed by atoms with Crippen LogP contribution in [0.25, 0.3) is 0 Å². The van der Waals surface area contributed by atoms with Crippen LogP contribution in [-0.2, 0) is 29.5 Å². The molecule has 2 heterocycles. The molecule has 3 rings (SSSR count). The van der Waals surface area contributed by atoms with Gasteiger partial charge in [-0.05, 0) is 38.0 Å². The van der Waals surface area contributed by atoms with Crippen LogP contribution in [0.4, 0.5) is 5.82 Å². The summed E-state index contributed by atoms with van der Waals surface area (Å²) in [5.41, 5.74) is 0.556. The Hall–Kier alpha value is -2.43. The minimum Gasteiger partial charge on any atom is -0.358 e. The van der Waals surface area contributed by atoms with Gasteiger partial charge in [0.2, 0.25) is 10.0 Å². The van der Waals surface area contributed by atoms with E-state index in [1.807, 2.05) is 13.8 Å². The molecule has 1 aliphatic rings. The highest BCUT2D eigenvalue weighted by Gasteiger charge is 2.23. The quantitative estimate of drug-likeness (QED) is 0.656. The summed E-state index contributed by atoms with van der Waals surface area (Å²) in [6.07, 6.45) is 0.499. The van der Waals surface area contributed by atoms with E-state index in [1.54, 1.807) is 12.1 Å². The van der Waals surface area contributed by atoms with Crippen molar-refractivity contribution in [3.05, 3.63) is 56.2 Å². The summed E-state index contributed by atoms with van der Waals surface area (Å²) < 4.78 is 24.2. The predicted molar refractivity (Wildman–Crippen MR) is 102 cm³/mol. The van der Waals surface area contributed by atoms with E-state index < -0.39 is 15.7 Å². The zero-order valence-electron chi connectivity index (χ0n) is 15.2. The van der Waals surface area contributed by atoms with Crippen molar-refractivity contribution < 1.29 is 8.42 Å². The fourth-order valence-corrected chi connectivity index (χ4v) is 3.58. The largest absolute Gasteiger partial charge is 0.358 e. The summed E-state index contributed by atoms with van der Waals surface area (Å²) in [7, 11) is -3.73. The minimum atomic E-state index is -3.73. The van der Waals surface area contributed by atoms with Crippen LogP contribution in [0, 0.1) is 0 Å². The van der Waals surface area contributed by atoms with E-state index in [2.05, 4.69) is 15.2 Å². The monoisotopic (exact) mass is 393 g/mol. The summed E-state index contributed by atoms with van der Waals surface area (Å²) >= 11 is 0. The third-order valence-electron chi connectivity index (χ3n) is 4.71. The minimum absolute atomic E-state index is 0.0419. The Morgan fingerprint density at radius 2 is 1.85 bits per heavy atom. The molecular weight excluding hydrogens is 370 g/mol. The number of H-pyrrole nitrogens is 1. The van der Waals surface area contributed by atoms with Gasteiger partial charge in [-0.3, -0.25) is 19.2 Å². The van der Waals surface area contributed by atoms with Gasteiger partial charge < -0.3 is 5.32 Å². The average molecular weight is 393 g/mol. The lowest BCUT2D eigenvalue weighted by atomic mass is 10.1. The molecule has 10 heteroatoms. The van der Waals surface area contributed by atoms with Crippen molar-refractivity contribution in [2.75, 3.05) is 12.0 Å². The van der Waals surface area contributed by atoms with Crippen LogP contribution >= 0.6 is 0 Å². The lowest BCUT2D eigenvalue weighted by Gasteiger charge is -2.33. The van der Waals surface area contributed by atoms with E-state index in [0.29, 0.717) is 37.6 Å². The number of rotatable bonds is 5. The van der Waals surface area contributed by atoms with Crippen molar-refractivity contribution >= 4 is 15.8 Å². The number of sulfonamides is 1. The third kappa shape index (κ3) is 4.12. The van der Waals surface area contributed by atoms with Crippen molar-refractivity contribution in [2.45, 2.75) is 44.3 Å². The van der Waals surface area contributed by atoms with Crippen LogP contribution in [0.5, 0.6) is 0 Å². The fraction of sp³-hybridized carbons (Fsp3) is 0.412. The number of aromatic nitrogens is 2. The molecular formula is C17H23N5O4S.